The van der Waals surface area contributed by atoms with Gasteiger partial charge in [-0.25, -0.2) is 0 Å². The van der Waals surface area contributed by atoms with Crippen molar-refractivity contribution < 1.29 is 9.26 Å². The Bertz CT molecular complexity index is 317. The fourth-order valence-corrected chi connectivity index (χ4v) is 1.19. The van der Waals surface area contributed by atoms with Crippen molar-refractivity contribution in [1.82, 2.24) is 10.1 Å². The summed E-state index contributed by atoms with van der Waals surface area (Å²) >= 11 is 0. The first-order chi connectivity index (χ1) is 7.45. The molecular formula is C11H21N3O2. The van der Waals surface area contributed by atoms with Gasteiger partial charge < -0.3 is 15.0 Å². The van der Waals surface area contributed by atoms with E-state index in [0.29, 0.717) is 31.3 Å². The summed E-state index contributed by atoms with van der Waals surface area (Å²) in [5.74, 6) is 1.15. The van der Waals surface area contributed by atoms with Gasteiger partial charge in [0.25, 0.3) is 0 Å². The number of nitrogens with zero attached hydrogens (tertiary/aromatic N) is 2. The number of rotatable bonds is 5. The molecule has 1 atom stereocenters. The lowest BCUT2D eigenvalue weighted by Crippen LogP contribution is -2.27. The Morgan fingerprint density at radius 1 is 1.44 bits per heavy atom. The monoisotopic (exact) mass is 227 g/mol. The summed E-state index contributed by atoms with van der Waals surface area (Å²) in [7, 11) is 0. The molecule has 0 amide bonds. The van der Waals surface area contributed by atoms with Gasteiger partial charge >= 0.3 is 0 Å². The highest BCUT2D eigenvalue weighted by molar-refractivity contribution is 4.97. The maximum absolute atomic E-state index is 6.02. The minimum Gasteiger partial charge on any atom is -0.381 e. The molecule has 1 rings (SSSR count). The molecule has 5 heteroatoms. The molecule has 0 saturated carbocycles. The Morgan fingerprint density at radius 2 is 2.12 bits per heavy atom. The molecule has 0 radical (unpaired) electrons. The van der Waals surface area contributed by atoms with Gasteiger partial charge in [0.05, 0.1) is 19.1 Å². The molecule has 0 fully saturated rings. The molecule has 0 aliphatic rings. The van der Waals surface area contributed by atoms with Crippen molar-refractivity contribution >= 4 is 0 Å². The smallest absolute Gasteiger partial charge is 0.229 e. The van der Waals surface area contributed by atoms with Crippen molar-refractivity contribution in [3.05, 3.63) is 11.7 Å². The standard InChI is InChI=1S/C11H21N3O2/c1-5-15-7-6-8-13-10(14-16-8)9(12)11(2,3)4/h9H,5-7,12H2,1-4H3. The molecule has 0 aliphatic heterocycles. The van der Waals surface area contributed by atoms with E-state index in [1.807, 2.05) is 27.7 Å². The van der Waals surface area contributed by atoms with Crippen molar-refractivity contribution in [1.29, 1.82) is 0 Å². The average Bonchev–Trinajstić information content (AvgIpc) is 2.64. The highest BCUT2D eigenvalue weighted by Crippen LogP contribution is 2.28. The summed E-state index contributed by atoms with van der Waals surface area (Å²) in [6, 6.07) is -0.211. The quantitative estimate of drug-likeness (QED) is 0.775. The molecule has 92 valence electrons. The van der Waals surface area contributed by atoms with Crippen molar-refractivity contribution in [2.75, 3.05) is 13.2 Å². The average molecular weight is 227 g/mol. The number of aromatic nitrogens is 2. The van der Waals surface area contributed by atoms with E-state index < -0.39 is 0 Å². The third-order valence-corrected chi connectivity index (χ3v) is 2.36. The van der Waals surface area contributed by atoms with Crippen LogP contribution in [-0.4, -0.2) is 23.4 Å². The number of nitrogens with two attached hydrogens (primary N) is 1. The Balaban J connectivity index is 2.57. The van der Waals surface area contributed by atoms with Gasteiger partial charge in [0, 0.05) is 6.61 Å². The van der Waals surface area contributed by atoms with Crippen LogP contribution in [0.25, 0.3) is 0 Å². The predicted octanol–water partition coefficient (Wildman–Crippen LogP) is 1.69. The summed E-state index contributed by atoms with van der Waals surface area (Å²) in [6.07, 6.45) is 0.637. The minimum atomic E-state index is -0.211. The molecule has 1 aromatic rings. The minimum absolute atomic E-state index is 0.0684. The molecule has 1 aromatic heterocycles. The van der Waals surface area contributed by atoms with Crippen LogP contribution in [-0.2, 0) is 11.2 Å². The lowest BCUT2D eigenvalue weighted by molar-refractivity contribution is 0.144. The van der Waals surface area contributed by atoms with Crippen LogP contribution in [0.4, 0.5) is 0 Å². The van der Waals surface area contributed by atoms with Crippen LogP contribution in [0.15, 0.2) is 4.52 Å². The van der Waals surface area contributed by atoms with Gasteiger partial charge in [0.1, 0.15) is 0 Å². The summed E-state index contributed by atoms with van der Waals surface area (Å²) < 4.78 is 10.3. The third-order valence-electron chi connectivity index (χ3n) is 2.36. The number of hydrogen-bond acceptors (Lipinski definition) is 5. The SMILES string of the molecule is CCOCCc1nc(C(N)C(C)(C)C)no1. The topological polar surface area (TPSA) is 74.2 Å². The van der Waals surface area contributed by atoms with Crippen LogP contribution in [0.1, 0.15) is 45.5 Å². The van der Waals surface area contributed by atoms with Gasteiger partial charge in [-0.15, -0.1) is 0 Å². The Labute approximate surface area is 96.4 Å². The second-order valence-electron chi connectivity index (χ2n) is 4.84. The Morgan fingerprint density at radius 3 is 2.69 bits per heavy atom. The summed E-state index contributed by atoms with van der Waals surface area (Å²) in [5.41, 5.74) is 5.96. The van der Waals surface area contributed by atoms with Gasteiger partial charge in [-0.05, 0) is 12.3 Å². The van der Waals surface area contributed by atoms with Gasteiger partial charge in [-0.2, -0.15) is 4.98 Å². The van der Waals surface area contributed by atoms with Crippen molar-refractivity contribution in [3.8, 4) is 0 Å². The molecule has 0 spiro atoms. The molecule has 16 heavy (non-hydrogen) atoms. The maximum Gasteiger partial charge on any atom is 0.229 e. The fraction of sp³-hybridized carbons (Fsp3) is 0.818. The van der Waals surface area contributed by atoms with Crippen LogP contribution < -0.4 is 5.73 Å². The molecule has 0 saturated heterocycles. The van der Waals surface area contributed by atoms with Crippen LogP contribution in [0.5, 0.6) is 0 Å². The highest BCUT2D eigenvalue weighted by Gasteiger charge is 2.26. The Hall–Kier alpha value is -0.940. The summed E-state index contributed by atoms with van der Waals surface area (Å²) in [5, 5.41) is 3.89. The fourth-order valence-electron chi connectivity index (χ4n) is 1.19. The summed E-state index contributed by atoms with van der Waals surface area (Å²) in [6.45, 7) is 9.40. The van der Waals surface area contributed by atoms with Gasteiger partial charge in [0.15, 0.2) is 5.82 Å². The van der Waals surface area contributed by atoms with Crippen LogP contribution >= 0.6 is 0 Å². The van der Waals surface area contributed by atoms with E-state index in [-0.39, 0.29) is 11.5 Å². The van der Waals surface area contributed by atoms with E-state index >= 15 is 0 Å². The molecule has 0 bridgehead atoms. The van der Waals surface area contributed by atoms with E-state index in [4.69, 9.17) is 15.0 Å². The Kier molecular flexibility index (Phi) is 4.44. The zero-order chi connectivity index (χ0) is 12.2. The van der Waals surface area contributed by atoms with Crippen LogP contribution in [0.3, 0.4) is 0 Å². The number of hydrogen-bond donors (Lipinski definition) is 1. The molecule has 2 N–H and O–H groups in total. The molecule has 5 nitrogen and oxygen atoms in total. The normalized spacial score (nSPS) is 14.1. The second-order valence-corrected chi connectivity index (χ2v) is 4.84. The van der Waals surface area contributed by atoms with Crippen molar-refractivity contribution in [2.24, 2.45) is 11.1 Å². The van der Waals surface area contributed by atoms with Crippen LogP contribution in [0, 0.1) is 5.41 Å². The summed E-state index contributed by atoms with van der Waals surface area (Å²) in [4.78, 5) is 4.27. The predicted molar refractivity (Wildman–Crippen MR) is 60.9 cm³/mol. The highest BCUT2D eigenvalue weighted by atomic mass is 16.5. The third kappa shape index (κ3) is 3.57. The van der Waals surface area contributed by atoms with Gasteiger partial charge in [-0.1, -0.05) is 25.9 Å². The second kappa shape index (κ2) is 5.41. The first kappa shape index (κ1) is 13.1. The van der Waals surface area contributed by atoms with Crippen molar-refractivity contribution in [3.63, 3.8) is 0 Å². The van der Waals surface area contributed by atoms with Crippen LogP contribution in [0.2, 0.25) is 0 Å². The molecule has 1 heterocycles. The van der Waals surface area contributed by atoms with E-state index in [9.17, 15) is 0 Å². The maximum atomic E-state index is 6.02. The van der Waals surface area contributed by atoms with Gasteiger partial charge in [0.2, 0.25) is 5.89 Å². The molecule has 0 aromatic carbocycles. The first-order valence-electron chi connectivity index (χ1n) is 5.61. The zero-order valence-electron chi connectivity index (χ0n) is 10.5. The van der Waals surface area contributed by atoms with E-state index in [0.717, 1.165) is 0 Å². The van der Waals surface area contributed by atoms with Gasteiger partial charge in [-0.3, -0.25) is 0 Å². The van der Waals surface area contributed by atoms with Crippen molar-refractivity contribution in [2.45, 2.75) is 40.2 Å². The molecular weight excluding hydrogens is 206 g/mol. The molecule has 0 aliphatic carbocycles. The lowest BCUT2D eigenvalue weighted by Gasteiger charge is -2.23. The molecule has 1 unspecified atom stereocenters. The van der Waals surface area contributed by atoms with E-state index in [2.05, 4.69) is 10.1 Å². The lowest BCUT2D eigenvalue weighted by atomic mass is 9.87. The van der Waals surface area contributed by atoms with E-state index in [1.165, 1.54) is 0 Å². The largest absolute Gasteiger partial charge is 0.381 e. The van der Waals surface area contributed by atoms with E-state index in [1.54, 1.807) is 0 Å². The number of ether oxygens (including phenoxy) is 1. The first-order valence-corrected chi connectivity index (χ1v) is 5.61. The zero-order valence-corrected chi connectivity index (χ0v) is 10.5.